The lowest BCUT2D eigenvalue weighted by molar-refractivity contribution is -0.145. The molecule has 1 atom stereocenters. The van der Waals surface area contributed by atoms with Gasteiger partial charge in [0, 0.05) is 6.42 Å². The van der Waals surface area contributed by atoms with E-state index in [9.17, 15) is 9.90 Å². The summed E-state index contributed by atoms with van der Waals surface area (Å²) in [7, 11) is 0. The van der Waals surface area contributed by atoms with Gasteiger partial charge in [0.05, 0.1) is 0 Å². The minimum absolute atomic E-state index is 0.0603. The number of aliphatic carboxylic acids is 1. The Morgan fingerprint density at radius 2 is 1.62 bits per heavy atom. The molecule has 1 N–H and O–H groups in total. The fourth-order valence-corrected chi connectivity index (χ4v) is 2.68. The smallest absolute Gasteiger partial charge is 0.345 e. The molecule has 0 fully saturated rings. The van der Waals surface area contributed by atoms with Crippen LogP contribution in [0.5, 0.6) is 5.75 Å². The third-order valence-corrected chi connectivity index (χ3v) is 4.18. The van der Waals surface area contributed by atoms with Gasteiger partial charge in [-0.1, -0.05) is 64.1 Å². The molecule has 0 spiro atoms. The third-order valence-electron chi connectivity index (χ3n) is 4.18. The van der Waals surface area contributed by atoms with E-state index in [0.717, 1.165) is 17.5 Å². The highest BCUT2D eigenvalue weighted by molar-refractivity contribution is 5.73. The number of hydrogen-bond donors (Lipinski definition) is 1. The molecule has 0 saturated heterocycles. The average molecular weight is 326 g/mol. The van der Waals surface area contributed by atoms with Crippen molar-refractivity contribution in [2.45, 2.75) is 52.1 Å². The Labute approximate surface area is 144 Å². The van der Waals surface area contributed by atoms with Crippen LogP contribution in [0.2, 0.25) is 0 Å². The van der Waals surface area contributed by atoms with Crippen LogP contribution < -0.4 is 4.74 Å². The zero-order valence-electron chi connectivity index (χ0n) is 14.9. The van der Waals surface area contributed by atoms with Gasteiger partial charge in [-0.05, 0) is 40.7 Å². The maximum Gasteiger partial charge on any atom is 0.345 e. The van der Waals surface area contributed by atoms with Gasteiger partial charge in [-0.25, -0.2) is 4.79 Å². The van der Waals surface area contributed by atoms with E-state index in [1.165, 1.54) is 5.56 Å². The first-order valence-corrected chi connectivity index (χ1v) is 8.38. The molecule has 3 nitrogen and oxygen atoms in total. The van der Waals surface area contributed by atoms with Gasteiger partial charge in [0.1, 0.15) is 5.75 Å². The first kappa shape index (κ1) is 18.1. The van der Waals surface area contributed by atoms with E-state index in [1.54, 1.807) is 0 Å². The molecule has 0 saturated carbocycles. The number of aryl methyl sites for hydroxylation is 1. The summed E-state index contributed by atoms with van der Waals surface area (Å²) in [5.41, 5.74) is 3.44. The SMILES string of the molecule is CCc1ccccc1C[C@@H](Oc1ccc(C(C)(C)C)cc1)C(=O)O. The van der Waals surface area contributed by atoms with Gasteiger partial charge in [-0.2, -0.15) is 0 Å². The minimum Gasteiger partial charge on any atom is -0.478 e. The molecule has 0 heterocycles. The number of rotatable bonds is 6. The van der Waals surface area contributed by atoms with E-state index < -0.39 is 12.1 Å². The fourth-order valence-electron chi connectivity index (χ4n) is 2.68. The molecule has 0 aliphatic heterocycles. The molecule has 2 rings (SSSR count). The number of benzene rings is 2. The van der Waals surface area contributed by atoms with Crippen LogP contribution in [-0.2, 0) is 23.1 Å². The summed E-state index contributed by atoms with van der Waals surface area (Å²) in [6, 6.07) is 15.6. The first-order valence-electron chi connectivity index (χ1n) is 8.38. The highest BCUT2D eigenvalue weighted by atomic mass is 16.5. The van der Waals surface area contributed by atoms with Crippen molar-refractivity contribution in [3.05, 3.63) is 65.2 Å². The topological polar surface area (TPSA) is 46.5 Å². The van der Waals surface area contributed by atoms with Crippen molar-refractivity contribution in [1.29, 1.82) is 0 Å². The molecule has 0 radical (unpaired) electrons. The van der Waals surface area contributed by atoms with Crippen molar-refractivity contribution < 1.29 is 14.6 Å². The summed E-state index contributed by atoms with van der Waals surface area (Å²) < 4.78 is 5.75. The van der Waals surface area contributed by atoms with Gasteiger partial charge >= 0.3 is 5.97 Å². The molecule has 0 bridgehead atoms. The molecule has 2 aromatic rings. The van der Waals surface area contributed by atoms with E-state index in [1.807, 2.05) is 48.5 Å². The molecule has 0 aliphatic carbocycles. The molecule has 3 heteroatoms. The van der Waals surface area contributed by atoms with Crippen LogP contribution in [-0.4, -0.2) is 17.2 Å². The van der Waals surface area contributed by atoms with Crippen LogP contribution in [0, 0.1) is 0 Å². The van der Waals surface area contributed by atoms with Gasteiger partial charge < -0.3 is 9.84 Å². The van der Waals surface area contributed by atoms with Crippen LogP contribution in [0.4, 0.5) is 0 Å². The Morgan fingerprint density at radius 3 is 2.12 bits per heavy atom. The molecule has 2 aromatic carbocycles. The van der Waals surface area contributed by atoms with Crippen molar-refractivity contribution in [3.63, 3.8) is 0 Å². The number of carbonyl (C=O) groups is 1. The first-order chi connectivity index (χ1) is 11.3. The normalized spacial score (nSPS) is 12.7. The zero-order chi connectivity index (χ0) is 17.7. The Balaban J connectivity index is 2.16. The van der Waals surface area contributed by atoms with Gasteiger partial charge in [0.25, 0.3) is 0 Å². The second-order valence-corrected chi connectivity index (χ2v) is 7.05. The largest absolute Gasteiger partial charge is 0.478 e. The van der Waals surface area contributed by atoms with Gasteiger partial charge in [0.15, 0.2) is 6.10 Å². The van der Waals surface area contributed by atoms with E-state index >= 15 is 0 Å². The molecular formula is C21H26O3. The van der Waals surface area contributed by atoms with E-state index in [2.05, 4.69) is 27.7 Å². The quantitative estimate of drug-likeness (QED) is 0.842. The summed E-state index contributed by atoms with van der Waals surface area (Å²) in [5, 5.41) is 9.52. The number of ether oxygens (including phenoxy) is 1. The summed E-state index contributed by atoms with van der Waals surface area (Å²) in [6.45, 7) is 8.50. The molecule has 0 aliphatic rings. The lowest BCUT2D eigenvalue weighted by atomic mass is 9.87. The van der Waals surface area contributed by atoms with E-state index in [-0.39, 0.29) is 5.41 Å². The third kappa shape index (κ3) is 4.60. The lowest BCUT2D eigenvalue weighted by Crippen LogP contribution is -2.29. The lowest BCUT2D eigenvalue weighted by Gasteiger charge is -2.20. The Hall–Kier alpha value is -2.29. The fraction of sp³-hybridized carbons (Fsp3) is 0.381. The Kier molecular flexibility index (Phi) is 5.66. The summed E-state index contributed by atoms with van der Waals surface area (Å²) in [5.74, 6) is -0.356. The molecule has 0 unspecified atom stereocenters. The van der Waals surface area contributed by atoms with Crippen molar-refractivity contribution in [3.8, 4) is 5.75 Å². The summed E-state index contributed by atoms with van der Waals surface area (Å²) >= 11 is 0. The van der Waals surface area contributed by atoms with Crippen LogP contribution in [0.3, 0.4) is 0 Å². The monoisotopic (exact) mass is 326 g/mol. The predicted molar refractivity (Wildman–Crippen MR) is 96.7 cm³/mol. The average Bonchev–Trinajstić information content (AvgIpc) is 2.54. The Morgan fingerprint density at radius 1 is 1.04 bits per heavy atom. The van der Waals surface area contributed by atoms with Gasteiger partial charge in [0.2, 0.25) is 0 Å². The maximum absolute atomic E-state index is 11.6. The van der Waals surface area contributed by atoms with Crippen molar-refractivity contribution >= 4 is 5.97 Å². The molecule has 24 heavy (non-hydrogen) atoms. The highest BCUT2D eigenvalue weighted by Crippen LogP contribution is 2.25. The van der Waals surface area contributed by atoms with Crippen molar-refractivity contribution in [1.82, 2.24) is 0 Å². The minimum atomic E-state index is -0.944. The molecular weight excluding hydrogens is 300 g/mol. The second-order valence-electron chi connectivity index (χ2n) is 7.05. The standard InChI is InChI=1S/C21H26O3/c1-5-15-8-6-7-9-16(15)14-19(20(22)23)24-18-12-10-17(11-13-18)21(2,3)4/h6-13,19H,5,14H2,1-4H3,(H,22,23)/t19-/m1/s1. The van der Waals surface area contributed by atoms with Crippen LogP contribution >= 0.6 is 0 Å². The number of hydrogen-bond acceptors (Lipinski definition) is 2. The van der Waals surface area contributed by atoms with Crippen LogP contribution in [0.25, 0.3) is 0 Å². The number of carboxylic acid groups (broad SMARTS) is 1. The van der Waals surface area contributed by atoms with Crippen LogP contribution in [0.1, 0.15) is 44.4 Å². The summed E-state index contributed by atoms with van der Waals surface area (Å²) in [6.07, 6.45) is 0.349. The van der Waals surface area contributed by atoms with Gasteiger partial charge in [-0.15, -0.1) is 0 Å². The van der Waals surface area contributed by atoms with Crippen molar-refractivity contribution in [2.24, 2.45) is 0 Å². The predicted octanol–water partition coefficient (Wildman–Crippen LogP) is 4.62. The highest BCUT2D eigenvalue weighted by Gasteiger charge is 2.21. The van der Waals surface area contributed by atoms with Gasteiger partial charge in [-0.3, -0.25) is 0 Å². The number of carboxylic acids is 1. The molecule has 0 aromatic heterocycles. The zero-order valence-corrected chi connectivity index (χ0v) is 14.9. The van der Waals surface area contributed by atoms with E-state index in [0.29, 0.717) is 12.2 Å². The maximum atomic E-state index is 11.6. The Bertz CT molecular complexity index is 681. The second kappa shape index (κ2) is 7.52. The summed E-state index contributed by atoms with van der Waals surface area (Å²) in [4.78, 5) is 11.6. The molecule has 0 amide bonds. The van der Waals surface area contributed by atoms with Crippen LogP contribution in [0.15, 0.2) is 48.5 Å². The van der Waals surface area contributed by atoms with E-state index in [4.69, 9.17) is 4.74 Å². The molecule has 128 valence electrons. The van der Waals surface area contributed by atoms with Crippen molar-refractivity contribution in [2.75, 3.05) is 0 Å².